The summed E-state index contributed by atoms with van der Waals surface area (Å²) in [7, 11) is 0. The Kier molecular flexibility index (Phi) is 4.12. The van der Waals surface area contributed by atoms with Crippen LogP contribution < -0.4 is 0 Å². The summed E-state index contributed by atoms with van der Waals surface area (Å²) in [4.78, 5) is 13.2. The van der Waals surface area contributed by atoms with Gasteiger partial charge in [0.25, 0.3) is 5.89 Å². The second kappa shape index (κ2) is 6.41. The molecule has 0 atom stereocenters. The average Bonchev–Trinajstić information content (AvgIpc) is 3.21. The van der Waals surface area contributed by atoms with Gasteiger partial charge >= 0.3 is 0 Å². The van der Waals surface area contributed by atoms with Gasteiger partial charge in [-0.2, -0.15) is 0 Å². The van der Waals surface area contributed by atoms with Crippen LogP contribution in [0.3, 0.4) is 0 Å². The van der Waals surface area contributed by atoms with E-state index in [4.69, 9.17) is 4.42 Å². The van der Waals surface area contributed by atoms with Crippen molar-refractivity contribution < 1.29 is 4.42 Å². The monoisotopic (exact) mass is 341 g/mol. The van der Waals surface area contributed by atoms with E-state index in [-0.39, 0.29) is 0 Å². The Morgan fingerprint density at radius 3 is 3.08 bits per heavy atom. The largest absolute Gasteiger partial charge is 0.419 e. The van der Waals surface area contributed by atoms with Crippen LogP contribution in [0.15, 0.2) is 23.0 Å². The number of rotatable bonds is 4. The molecule has 0 aromatic carbocycles. The van der Waals surface area contributed by atoms with E-state index in [1.807, 2.05) is 6.20 Å². The van der Waals surface area contributed by atoms with E-state index < -0.39 is 0 Å². The molecule has 0 amide bonds. The van der Waals surface area contributed by atoms with Crippen LogP contribution in [0, 0.1) is 6.92 Å². The van der Waals surface area contributed by atoms with Gasteiger partial charge in [0.15, 0.2) is 0 Å². The second-order valence-corrected chi connectivity index (χ2v) is 7.16. The molecule has 0 N–H and O–H groups in total. The molecular weight excluding hydrogens is 322 g/mol. The van der Waals surface area contributed by atoms with Gasteiger partial charge in [0.05, 0.1) is 17.1 Å². The van der Waals surface area contributed by atoms with Crippen molar-refractivity contribution in [1.82, 2.24) is 25.1 Å². The number of hydrogen-bond acceptors (Lipinski definition) is 7. The Morgan fingerprint density at radius 1 is 1.33 bits per heavy atom. The first-order valence-corrected chi connectivity index (χ1v) is 8.96. The maximum Gasteiger partial charge on any atom is 0.257 e. The van der Waals surface area contributed by atoms with E-state index in [1.54, 1.807) is 17.7 Å². The molecule has 3 aromatic rings. The summed E-state index contributed by atoms with van der Waals surface area (Å²) in [5, 5.41) is 8.45. The Hall–Kier alpha value is -2.12. The van der Waals surface area contributed by atoms with E-state index in [1.165, 1.54) is 16.0 Å². The molecule has 1 aliphatic rings. The highest BCUT2D eigenvalue weighted by Crippen LogP contribution is 2.31. The topological polar surface area (TPSA) is 67.9 Å². The number of aromatic nitrogens is 4. The maximum atomic E-state index is 5.89. The number of nitrogens with zero attached hydrogens (tertiary/aromatic N) is 5. The first-order chi connectivity index (χ1) is 11.7. The number of fused-ring (bicyclic) bond motifs is 1. The van der Waals surface area contributed by atoms with Crippen LogP contribution in [-0.4, -0.2) is 31.6 Å². The molecule has 3 aromatic heterocycles. The fraction of sp³-hybridized carbons (Fsp3) is 0.412. The lowest BCUT2D eigenvalue weighted by molar-refractivity contribution is 0.218. The van der Waals surface area contributed by atoms with Crippen molar-refractivity contribution in [2.45, 2.75) is 39.8 Å². The smallest absolute Gasteiger partial charge is 0.257 e. The van der Waals surface area contributed by atoms with E-state index in [2.05, 4.69) is 45.0 Å². The van der Waals surface area contributed by atoms with Gasteiger partial charge < -0.3 is 4.42 Å². The predicted molar refractivity (Wildman–Crippen MR) is 91.6 cm³/mol. The van der Waals surface area contributed by atoms with Crippen molar-refractivity contribution in [3.63, 3.8) is 0 Å². The molecule has 0 saturated carbocycles. The predicted octanol–water partition coefficient (Wildman–Crippen LogP) is 3.02. The zero-order valence-electron chi connectivity index (χ0n) is 13.8. The summed E-state index contributed by atoms with van der Waals surface area (Å²) in [6, 6.07) is 2.13. The Labute approximate surface area is 144 Å². The highest BCUT2D eigenvalue weighted by molar-refractivity contribution is 7.15. The summed E-state index contributed by atoms with van der Waals surface area (Å²) in [5.41, 5.74) is 3.63. The van der Waals surface area contributed by atoms with E-state index in [9.17, 15) is 0 Å². The molecular formula is C17H19N5OS. The number of hydrogen-bond donors (Lipinski definition) is 0. The fourth-order valence-corrected chi connectivity index (χ4v) is 4.06. The minimum absolute atomic E-state index is 0.623. The van der Waals surface area contributed by atoms with Gasteiger partial charge in [0, 0.05) is 24.2 Å². The Balaban J connectivity index is 1.48. The molecule has 24 heavy (non-hydrogen) atoms. The third kappa shape index (κ3) is 2.97. The summed E-state index contributed by atoms with van der Waals surface area (Å²) in [6.07, 6.45) is 5.51. The number of thiophene rings is 1. The molecule has 0 aliphatic carbocycles. The van der Waals surface area contributed by atoms with Gasteiger partial charge in [-0.3, -0.25) is 4.90 Å². The van der Waals surface area contributed by atoms with E-state index in [0.29, 0.717) is 18.3 Å². The van der Waals surface area contributed by atoms with Crippen molar-refractivity contribution in [2.75, 3.05) is 6.54 Å². The molecule has 4 rings (SSSR count). The minimum Gasteiger partial charge on any atom is -0.419 e. The highest BCUT2D eigenvalue weighted by atomic mass is 32.1. The summed E-state index contributed by atoms with van der Waals surface area (Å²) in [6.45, 7) is 6.70. The maximum absolute atomic E-state index is 5.89. The quantitative estimate of drug-likeness (QED) is 0.727. The summed E-state index contributed by atoms with van der Waals surface area (Å²) < 4.78 is 5.89. The van der Waals surface area contributed by atoms with Crippen molar-refractivity contribution in [2.24, 2.45) is 0 Å². The highest BCUT2D eigenvalue weighted by Gasteiger charge is 2.20. The van der Waals surface area contributed by atoms with Crippen LogP contribution in [0.4, 0.5) is 0 Å². The van der Waals surface area contributed by atoms with Crippen LogP contribution in [0.25, 0.3) is 10.8 Å². The molecule has 0 bridgehead atoms. The third-order valence-corrected chi connectivity index (χ3v) is 5.70. The van der Waals surface area contributed by atoms with Gasteiger partial charge in [-0.05, 0) is 37.0 Å². The molecule has 4 heterocycles. The Morgan fingerprint density at radius 2 is 2.25 bits per heavy atom. The van der Waals surface area contributed by atoms with Gasteiger partial charge in [-0.15, -0.1) is 21.5 Å². The zero-order chi connectivity index (χ0) is 16.5. The fourth-order valence-electron chi connectivity index (χ4n) is 3.02. The van der Waals surface area contributed by atoms with Crippen LogP contribution in [0.1, 0.15) is 34.5 Å². The lowest BCUT2D eigenvalue weighted by Crippen LogP contribution is -2.31. The summed E-state index contributed by atoms with van der Waals surface area (Å²) in [5.74, 6) is 1.28. The molecule has 124 valence electrons. The first kappa shape index (κ1) is 15.4. The minimum atomic E-state index is 0.623. The van der Waals surface area contributed by atoms with Gasteiger partial charge in [0.2, 0.25) is 5.89 Å². The van der Waals surface area contributed by atoms with Crippen molar-refractivity contribution >= 4 is 11.3 Å². The number of aryl methyl sites for hydroxylation is 2. The van der Waals surface area contributed by atoms with Gasteiger partial charge in [-0.1, -0.05) is 6.92 Å². The van der Waals surface area contributed by atoms with Crippen LogP contribution >= 0.6 is 11.3 Å². The normalized spacial score (nSPS) is 14.8. The Bertz CT molecular complexity index is 856. The van der Waals surface area contributed by atoms with Crippen molar-refractivity contribution in [3.8, 4) is 10.8 Å². The molecule has 0 unspecified atom stereocenters. The summed E-state index contributed by atoms with van der Waals surface area (Å²) >= 11 is 1.74. The lowest BCUT2D eigenvalue weighted by Gasteiger charge is -2.25. The van der Waals surface area contributed by atoms with E-state index >= 15 is 0 Å². The molecule has 6 nitrogen and oxygen atoms in total. The van der Waals surface area contributed by atoms with E-state index in [0.717, 1.165) is 36.5 Å². The molecule has 1 aliphatic heterocycles. The SMILES string of the molecule is CCc1sc(-c2nnc(CN3CCc4cncnc4C3)o2)cc1C. The molecule has 0 spiro atoms. The third-order valence-electron chi connectivity index (χ3n) is 4.33. The van der Waals surface area contributed by atoms with Crippen LogP contribution in [0.2, 0.25) is 0 Å². The lowest BCUT2D eigenvalue weighted by atomic mass is 10.1. The van der Waals surface area contributed by atoms with Crippen molar-refractivity contribution in [3.05, 3.63) is 46.2 Å². The molecule has 0 fully saturated rings. The molecule has 7 heteroatoms. The van der Waals surface area contributed by atoms with Gasteiger partial charge in [-0.25, -0.2) is 9.97 Å². The average molecular weight is 341 g/mol. The van der Waals surface area contributed by atoms with Gasteiger partial charge in [0.1, 0.15) is 6.33 Å². The van der Waals surface area contributed by atoms with Crippen LogP contribution in [0.5, 0.6) is 0 Å². The van der Waals surface area contributed by atoms with Crippen LogP contribution in [-0.2, 0) is 25.9 Å². The molecule has 0 saturated heterocycles. The second-order valence-electron chi connectivity index (χ2n) is 6.03. The zero-order valence-corrected chi connectivity index (χ0v) is 14.6. The first-order valence-electron chi connectivity index (χ1n) is 8.15. The standard InChI is InChI=1S/C17H19N5OS/c1-3-14-11(2)6-15(24-14)17-21-20-16(23-17)9-22-5-4-12-7-18-10-19-13(12)8-22/h6-7,10H,3-5,8-9H2,1-2H3. The molecule has 0 radical (unpaired) electrons. The van der Waals surface area contributed by atoms with Crippen molar-refractivity contribution in [1.29, 1.82) is 0 Å².